The van der Waals surface area contributed by atoms with Crippen LogP contribution in [0.1, 0.15) is 39.5 Å². The molecule has 0 saturated heterocycles. The molecule has 0 saturated carbocycles. The first-order chi connectivity index (χ1) is 39.9. The van der Waals surface area contributed by atoms with Crippen molar-refractivity contribution in [2.24, 2.45) is 0 Å². The minimum Gasteiger partial charge on any atom is -0.308 e. The molecule has 14 heteroatoms. The third-order valence-electron chi connectivity index (χ3n) is 14.4. The fourth-order valence-electron chi connectivity index (χ4n) is 10.9. The molecule has 0 fully saturated rings. The van der Waals surface area contributed by atoms with Crippen molar-refractivity contribution in [3.05, 3.63) is 243 Å². The summed E-state index contributed by atoms with van der Waals surface area (Å²) in [6.45, 7) is 35.1. The van der Waals surface area contributed by atoms with Gasteiger partial charge in [0.05, 0.1) is 101 Å². The topological polar surface area (TPSA) is 185 Å². The molecule has 0 aliphatic carbocycles. The van der Waals surface area contributed by atoms with Crippen LogP contribution in [-0.4, -0.2) is 24.1 Å². The summed E-state index contributed by atoms with van der Waals surface area (Å²) in [6, 6.07) is 58.5. The van der Waals surface area contributed by atoms with Crippen LogP contribution in [0.3, 0.4) is 0 Å². The molecule has 0 unspecified atom stereocenters. The first kappa shape index (κ1) is 49.9. The first-order valence-corrected chi connectivity index (χ1v) is 25.1. The van der Waals surface area contributed by atoms with E-state index in [9.17, 15) is 26.3 Å². The van der Waals surface area contributed by atoms with E-state index in [0.717, 1.165) is 21.5 Å². The Morgan fingerprint density at radius 2 is 0.598 bits per heavy atom. The highest BCUT2D eigenvalue weighted by atomic mass is 15.1. The molecule has 12 rings (SSSR count). The summed E-state index contributed by atoms with van der Waals surface area (Å²) in [5.74, 6) is 1.11. The Balaban J connectivity index is 1.27. The smallest absolute Gasteiger partial charge is 0.189 e. The zero-order valence-electron chi connectivity index (χ0n) is 43.3. The van der Waals surface area contributed by atoms with Crippen molar-refractivity contribution in [1.29, 1.82) is 26.3 Å². The molecule has 82 heavy (non-hydrogen) atoms. The minimum absolute atomic E-state index is 0.250. The molecule has 0 aliphatic heterocycles. The van der Waals surface area contributed by atoms with Gasteiger partial charge >= 0.3 is 0 Å². The number of hydrogen-bond acceptors (Lipinski definition) is 8. The van der Waals surface area contributed by atoms with Gasteiger partial charge in [0.1, 0.15) is 11.6 Å². The van der Waals surface area contributed by atoms with Gasteiger partial charge in [-0.3, -0.25) is 0 Å². The predicted molar refractivity (Wildman–Crippen MR) is 314 cm³/mol. The summed E-state index contributed by atoms with van der Waals surface area (Å²) in [5, 5.41) is 54.9. The molecule has 3 aromatic heterocycles. The molecule has 374 valence electrons. The van der Waals surface area contributed by atoms with Crippen molar-refractivity contribution in [3.8, 4) is 97.6 Å². The number of nitrogens with zero attached hydrogens (tertiary/aromatic N) is 14. The highest BCUT2D eigenvalue weighted by molar-refractivity contribution is 6.14. The summed E-state index contributed by atoms with van der Waals surface area (Å²) < 4.78 is 4.09. The molecule has 0 spiro atoms. The molecule has 3 heterocycles. The second kappa shape index (κ2) is 19.9. The van der Waals surface area contributed by atoms with E-state index < -0.39 is 0 Å². The van der Waals surface area contributed by atoms with Crippen molar-refractivity contribution in [2.75, 3.05) is 0 Å². The molecule has 14 nitrogen and oxygen atoms in total. The Hall–Kier alpha value is -13.0. The lowest BCUT2D eigenvalue weighted by Gasteiger charge is -2.20. The highest BCUT2D eigenvalue weighted by Gasteiger charge is 2.27. The van der Waals surface area contributed by atoms with E-state index in [-0.39, 0.29) is 11.4 Å². The maximum absolute atomic E-state index is 11.3. The lowest BCUT2D eigenvalue weighted by atomic mass is 9.99. The van der Waals surface area contributed by atoms with Crippen molar-refractivity contribution in [3.63, 3.8) is 0 Å². The Labute approximate surface area is 468 Å². The van der Waals surface area contributed by atoms with Gasteiger partial charge < -0.3 is 9.13 Å². The molecule has 9 aromatic carbocycles. The molecule has 0 amide bonds. The zero-order valence-corrected chi connectivity index (χ0v) is 43.3. The van der Waals surface area contributed by atoms with Gasteiger partial charge in [0.15, 0.2) is 28.6 Å². The van der Waals surface area contributed by atoms with Gasteiger partial charge in [-0.1, -0.05) is 48.5 Å². The zero-order chi connectivity index (χ0) is 56.9. The highest BCUT2D eigenvalue weighted by Crippen LogP contribution is 2.46. The Morgan fingerprint density at radius 1 is 0.329 bits per heavy atom. The van der Waals surface area contributed by atoms with Gasteiger partial charge in [0.2, 0.25) is 0 Å². The summed E-state index contributed by atoms with van der Waals surface area (Å²) in [5.41, 5.74) is 12.0. The number of rotatable bonds is 7. The molecule has 0 bridgehead atoms. The second-order valence-corrected chi connectivity index (χ2v) is 19.3. The van der Waals surface area contributed by atoms with Gasteiger partial charge in [-0.15, -0.1) is 0 Å². The minimum atomic E-state index is 0.250. The lowest BCUT2D eigenvalue weighted by Crippen LogP contribution is -2.08. The summed E-state index contributed by atoms with van der Waals surface area (Å²) >= 11 is 0. The van der Waals surface area contributed by atoms with E-state index >= 15 is 0 Å². The third kappa shape index (κ3) is 8.53. The Morgan fingerprint density at radius 3 is 0.854 bits per heavy atom. The van der Waals surface area contributed by atoms with E-state index in [1.54, 1.807) is 74.5 Å². The predicted octanol–water partition coefficient (Wildman–Crippen LogP) is 16.6. The standard InChI is InChI=1S/C68H32N14/c1-38-78-39(2)80-68(79-38)67-65(81-61-29-45(49-15-40(33-69)19-53(25-49)74-3)7-11-57(61)58-12-8-46(30-62(58)81)50-16-41(34-70)20-54(26-50)75-4)23-44(37-73)24-66(67)82-63-31-47(51-17-42(35-71)21-55(27-51)76-5)9-13-59(63)60-14-10-48(32-64(60)82)52-18-43(36-72)22-56(28-52)77-6/h7-32H,1-2H3. The number of fused-ring (bicyclic) bond motifs is 6. The average molecular weight is 1050 g/mol. The van der Waals surface area contributed by atoms with Crippen LogP contribution >= 0.6 is 0 Å². The van der Waals surface area contributed by atoms with E-state index in [2.05, 4.69) is 54.7 Å². The van der Waals surface area contributed by atoms with Crippen molar-refractivity contribution in [1.82, 2.24) is 24.1 Å². The van der Waals surface area contributed by atoms with Crippen LogP contribution in [0, 0.1) is 96.8 Å². The second-order valence-electron chi connectivity index (χ2n) is 19.3. The van der Waals surface area contributed by atoms with Crippen molar-refractivity contribution in [2.45, 2.75) is 13.8 Å². The van der Waals surface area contributed by atoms with E-state index in [1.165, 1.54) is 24.3 Å². The molecule has 0 atom stereocenters. The molecular formula is C68H32N14. The fraction of sp³-hybridized carbons (Fsp3) is 0.0294. The van der Waals surface area contributed by atoms with Crippen LogP contribution in [0.15, 0.2) is 158 Å². The first-order valence-electron chi connectivity index (χ1n) is 25.1. The number of aryl methyl sites for hydroxylation is 2. The Kier molecular flexibility index (Phi) is 12.1. The molecular weight excluding hydrogens is 1010 g/mol. The quantitative estimate of drug-likeness (QED) is 0.141. The van der Waals surface area contributed by atoms with E-state index in [4.69, 9.17) is 36.3 Å². The van der Waals surface area contributed by atoms with E-state index in [1.807, 2.05) is 81.9 Å². The number of nitriles is 5. The lowest BCUT2D eigenvalue weighted by molar-refractivity contribution is 0.924. The monoisotopic (exact) mass is 1040 g/mol. The molecule has 0 radical (unpaired) electrons. The van der Waals surface area contributed by atoms with E-state index in [0.29, 0.717) is 140 Å². The van der Waals surface area contributed by atoms with Crippen LogP contribution in [0.25, 0.3) is 130 Å². The fourth-order valence-corrected chi connectivity index (χ4v) is 10.9. The largest absolute Gasteiger partial charge is 0.308 e. The molecule has 0 N–H and O–H groups in total. The van der Waals surface area contributed by atoms with Gasteiger partial charge in [-0.2, -0.15) is 26.3 Å². The van der Waals surface area contributed by atoms with Crippen LogP contribution in [0.4, 0.5) is 22.7 Å². The van der Waals surface area contributed by atoms with Crippen molar-refractivity contribution >= 4 is 66.4 Å². The molecule has 12 aromatic rings. The summed E-state index contributed by atoms with van der Waals surface area (Å²) in [4.78, 5) is 29.4. The van der Waals surface area contributed by atoms with Gasteiger partial charge in [-0.05, 0) is 168 Å². The van der Waals surface area contributed by atoms with Gasteiger partial charge in [0.25, 0.3) is 0 Å². The maximum atomic E-state index is 11.3. The average Bonchev–Trinajstić information content (AvgIpc) is 2.84. The SMILES string of the molecule is [C-]#[N+]c1cc(C#N)cc(-c2ccc3c4ccc(-c5cc(C#N)cc([N+]#[C-])c5)cc4n(-c4cc(C#N)cc(-n5c6cc(-c7cc(C#N)cc([N+]#[C-])c7)ccc6c6ccc(-c7cc(C#N)cc([N+]#[C-])c7)cc65)c4-c4nc(C)nc(C)n4)c3c2)c1. The number of aromatic nitrogens is 5. The summed E-state index contributed by atoms with van der Waals surface area (Å²) in [6.07, 6.45) is 0. The number of hydrogen-bond donors (Lipinski definition) is 0. The molecule has 0 aliphatic rings. The summed E-state index contributed by atoms with van der Waals surface area (Å²) in [7, 11) is 0. The van der Waals surface area contributed by atoms with Gasteiger partial charge in [0, 0.05) is 43.8 Å². The number of benzene rings is 9. The Bertz CT molecular complexity index is 4550. The van der Waals surface area contributed by atoms with Crippen LogP contribution < -0.4 is 0 Å². The van der Waals surface area contributed by atoms with Gasteiger partial charge in [-0.25, -0.2) is 34.3 Å². The van der Waals surface area contributed by atoms with Crippen LogP contribution in [0.2, 0.25) is 0 Å². The van der Waals surface area contributed by atoms with Crippen molar-refractivity contribution < 1.29 is 0 Å². The van der Waals surface area contributed by atoms with Crippen LogP contribution in [-0.2, 0) is 0 Å². The van der Waals surface area contributed by atoms with Crippen LogP contribution in [0.5, 0.6) is 0 Å². The maximum Gasteiger partial charge on any atom is 0.189 e. The third-order valence-corrected chi connectivity index (χ3v) is 14.4. The normalized spacial score (nSPS) is 10.7.